The first-order valence-electron chi connectivity index (χ1n) is 6.76. The van der Waals surface area contributed by atoms with Crippen LogP contribution in [-0.2, 0) is 16.3 Å². The number of benzene rings is 1. The molecule has 2 atom stereocenters. The third kappa shape index (κ3) is 3.74. The molecule has 1 aromatic rings. The predicted molar refractivity (Wildman–Crippen MR) is 87.0 cm³/mol. The molecule has 0 spiro atoms. The molecule has 0 aliphatic carbocycles. The summed E-state index contributed by atoms with van der Waals surface area (Å²) in [7, 11) is -0.897. The minimum Gasteiger partial charge on any atom is -0.370 e. The van der Waals surface area contributed by atoms with E-state index < -0.39 is 9.84 Å². The Morgan fingerprint density at radius 2 is 2.20 bits per heavy atom. The summed E-state index contributed by atoms with van der Waals surface area (Å²) in [6, 6.07) is 6.22. The first kappa shape index (κ1) is 15.8. The summed E-state index contributed by atoms with van der Waals surface area (Å²) in [5.41, 5.74) is 8.14. The highest BCUT2D eigenvalue weighted by atomic mass is 79.9. The van der Waals surface area contributed by atoms with Crippen molar-refractivity contribution in [3.8, 4) is 0 Å². The van der Waals surface area contributed by atoms with Crippen molar-refractivity contribution in [1.29, 1.82) is 0 Å². The van der Waals surface area contributed by atoms with Crippen molar-refractivity contribution in [2.24, 2.45) is 5.73 Å². The molecule has 1 aliphatic heterocycles. The third-order valence-corrected chi connectivity index (χ3v) is 5.96. The number of anilines is 1. The normalized spacial score (nSPS) is 22.7. The Labute approximate surface area is 129 Å². The van der Waals surface area contributed by atoms with Crippen LogP contribution in [0.25, 0.3) is 0 Å². The van der Waals surface area contributed by atoms with Crippen molar-refractivity contribution in [2.45, 2.75) is 31.8 Å². The number of halogens is 1. The Kier molecular flexibility index (Phi) is 4.76. The number of hydrogen-bond donors (Lipinski definition) is 1. The van der Waals surface area contributed by atoms with Crippen LogP contribution in [0.3, 0.4) is 0 Å². The van der Waals surface area contributed by atoms with Gasteiger partial charge in [-0.05, 0) is 43.5 Å². The van der Waals surface area contributed by atoms with E-state index in [1.165, 1.54) is 0 Å². The van der Waals surface area contributed by atoms with Crippen LogP contribution in [0.2, 0.25) is 0 Å². The van der Waals surface area contributed by atoms with Crippen LogP contribution in [0.1, 0.15) is 18.9 Å². The second kappa shape index (κ2) is 6.03. The zero-order chi connectivity index (χ0) is 14.9. The third-order valence-electron chi connectivity index (χ3n) is 3.72. The van der Waals surface area contributed by atoms with E-state index in [4.69, 9.17) is 5.73 Å². The largest absolute Gasteiger partial charge is 0.370 e. The van der Waals surface area contributed by atoms with Gasteiger partial charge in [-0.1, -0.05) is 15.9 Å². The molecule has 112 valence electrons. The van der Waals surface area contributed by atoms with Crippen molar-refractivity contribution in [3.05, 3.63) is 28.2 Å². The zero-order valence-electron chi connectivity index (χ0n) is 11.8. The van der Waals surface area contributed by atoms with Crippen molar-refractivity contribution < 1.29 is 8.42 Å². The van der Waals surface area contributed by atoms with E-state index in [1.807, 2.05) is 26.1 Å². The quantitative estimate of drug-likeness (QED) is 0.891. The average Bonchev–Trinajstić information content (AvgIpc) is 2.68. The van der Waals surface area contributed by atoms with Crippen LogP contribution in [0.15, 0.2) is 22.7 Å². The van der Waals surface area contributed by atoms with Gasteiger partial charge in [-0.3, -0.25) is 0 Å². The Bertz CT molecular complexity index is 587. The maximum atomic E-state index is 11.6. The van der Waals surface area contributed by atoms with Gasteiger partial charge in [0.1, 0.15) is 0 Å². The second-order valence-electron chi connectivity index (χ2n) is 5.62. The molecule has 1 heterocycles. The summed E-state index contributed by atoms with van der Waals surface area (Å²) in [5, 5.41) is 0. The summed E-state index contributed by atoms with van der Waals surface area (Å²) in [6.45, 7) is 1.98. The minimum atomic E-state index is -2.87. The lowest BCUT2D eigenvalue weighted by molar-refractivity contribution is 0.600. The zero-order valence-corrected chi connectivity index (χ0v) is 14.2. The second-order valence-corrected chi connectivity index (χ2v) is 8.77. The van der Waals surface area contributed by atoms with E-state index in [0.29, 0.717) is 12.2 Å². The molecule has 2 N–H and O–H groups in total. The fourth-order valence-corrected chi connectivity index (χ4v) is 4.87. The fourth-order valence-electron chi connectivity index (χ4n) is 2.69. The number of rotatable bonds is 4. The maximum Gasteiger partial charge on any atom is 0.152 e. The van der Waals surface area contributed by atoms with E-state index in [0.717, 1.165) is 22.1 Å². The van der Waals surface area contributed by atoms with Crippen LogP contribution in [0.5, 0.6) is 0 Å². The maximum absolute atomic E-state index is 11.6. The summed E-state index contributed by atoms with van der Waals surface area (Å²) in [6.07, 6.45) is 1.48. The summed E-state index contributed by atoms with van der Waals surface area (Å²) >= 11 is 3.48. The number of hydrogen-bond acceptors (Lipinski definition) is 4. The van der Waals surface area contributed by atoms with E-state index >= 15 is 0 Å². The lowest BCUT2D eigenvalue weighted by Crippen LogP contribution is -2.33. The van der Waals surface area contributed by atoms with Gasteiger partial charge in [0.2, 0.25) is 0 Å². The van der Waals surface area contributed by atoms with Gasteiger partial charge in [-0.25, -0.2) is 8.42 Å². The first-order chi connectivity index (χ1) is 9.28. The van der Waals surface area contributed by atoms with Gasteiger partial charge in [0, 0.05) is 29.3 Å². The van der Waals surface area contributed by atoms with Crippen LogP contribution in [0, 0.1) is 0 Å². The molecule has 1 fully saturated rings. The summed E-state index contributed by atoms with van der Waals surface area (Å²) in [4.78, 5) is 2.09. The number of sulfone groups is 1. The van der Waals surface area contributed by atoms with Gasteiger partial charge in [0.05, 0.1) is 11.5 Å². The fraction of sp³-hybridized carbons (Fsp3) is 0.571. The monoisotopic (exact) mass is 360 g/mol. The van der Waals surface area contributed by atoms with E-state index in [2.05, 4.69) is 26.9 Å². The lowest BCUT2D eigenvalue weighted by Gasteiger charge is -2.28. The molecule has 1 aromatic carbocycles. The molecular weight excluding hydrogens is 340 g/mol. The molecule has 0 bridgehead atoms. The predicted octanol–water partition coefficient (Wildman–Crippen LogP) is 1.96. The van der Waals surface area contributed by atoms with Crippen molar-refractivity contribution in [3.63, 3.8) is 0 Å². The standard InChI is InChI=1S/C14H21BrN2O2S/c1-10(16)7-11-8-12(15)3-4-14(11)17(2)13-5-6-20(18,19)9-13/h3-4,8,10,13H,5-7,9,16H2,1-2H3. The van der Waals surface area contributed by atoms with Crippen molar-refractivity contribution in [2.75, 3.05) is 23.5 Å². The molecule has 0 saturated carbocycles. The van der Waals surface area contributed by atoms with E-state index in [1.54, 1.807) is 0 Å². The molecule has 0 radical (unpaired) electrons. The highest BCUT2D eigenvalue weighted by molar-refractivity contribution is 9.10. The molecule has 20 heavy (non-hydrogen) atoms. The van der Waals surface area contributed by atoms with E-state index in [9.17, 15) is 8.42 Å². The van der Waals surface area contributed by atoms with Gasteiger partial charge in [-0.15, -0.1) is 0 Å². The lowest BCUT2D eigenvalue weighted by atomic mass is 10.0. The molecule has 2 unspecified atom stereocenters. The highest BCUT2D eigenvalue weighted by Crippen LogP contribution is 2.29. The number of nitrogens with two attached hydrogens (primary N) is 1. The molecular formula is C14H21BrN2O2S. The van der Waals surface area contributed by atoms with Crippen LogP contribution in [-0.4, -0.2) is 39.1 Å². The highest BCUT2D eigenvalue weighted by Gasteiger charge is 2.31. The van der Waals surface area contributed by atoms with E-state index in [-0.39, 0.29) is 17.8 Å². The SMILES string of the molecule is CC(N)Cc1cc(Br)ccc1N(C)C1CCS(=O)(=O)C1. The van der Waals surface area contributed by atoms with Gasteiger partial charge < -0.3 is 10.6 Å². The Morgan fingerprint density at radius 1 is 1.50 bits per heavy atom. The first-order valence-corrected chi connectivity index (χ1v) is 9.37. The summed E-state index contributed by atoms with van der Waals surface area (Å²) in [5.74, 6) is 0.540. The molecule has 0 amide bonds. The van der Waals surface area contributed by atoms with Gasteiger partial charge in [-0.2, -0.15) is 0 Å². The molecule has 0 aromatic heterocycles. The molecule has 1 saturated heterocycles. The smallest absolute Gasteiger partial charge is 0.152 e. The Balaban J connectivity index is 2.27. The van der Waals surface area contributed by atoms with Crippen molar-refractivity contribution >= 4 is 31.5 Å². The molecule has 6 heteroatoms. The van der Waals surface area contributed by atoms with Gasteiger partial charge >= 0.3 is 0 Å². The Hall–Kier alpha value is -0.590. The molecule has 2 rings (SSSR count). The average molecular weight is 361 g/mol. The summed E-state index contributed by atoms with van der Waals surface area (Å²) < 4.78 is 24.3. The minimum absolute atomic E-state index is 0.0630. The van der Waals surface area contributed by atoms with Crippen LogP contribution < -0.4 is 10.6 Å². The van der Waals surface area contributed by atoms with Gasteiger partial charge in [0.15, 0.2) is 9.84 Å². The molecule has 4 nitrogen and oxygen atoms in total. The topological polar surface area (TPSA) is 63.4 Å². The Morgan fingerprint density at radius 3 is 2.75 bits per heavy atom. The van der Waals surface area contributed by atoms with Crippen molar-refractivity contribution in [1.82, 2.24) is 0 Å². The van der Waals surface area contributed by atoms with Crippen LogP contribution in [0.4, 0.5) is 5.69 Å². The molecule has 1 aliphatic rings. The number of nitrogens with zero attached hydrogens (tertiary/aromatic N) is 1. The van der Waals surface area contributed by atoms with Gasteiger partial charge in [0.25, 0.3) is 0 Å². The van der Waals surface area contributed by atoms with Crippen LogP contribution >= 0.6 is 15.9 Å².